The first-order valence-electron chi connectivity index (χ1n) is 5.92. The summed E-state index contributed by atoms with van der Waals surface area (Å²) < 4.78 is 27.7. The molecular weight excluding hydrogens is 405 g/mol. The third-order valence-electron chi connectivity index (χ3n) is 2.84. The Morgan fingerprint density at radius 1 is 1.14 bits per heavy atom. The fraction of sp³-hybridized carbons (Fsp3) is 0.0714. The van der Waals surface area contributed by atoms with Crippen LogP contribution in [0.5, 0.6) is 0 Å². The van der Waals surface area contributed by atoms with Crippen molar-refractivity contribution in [2.24, 2.45) is 0 Å². The number of carboxylic acids is 1. The number of carbonyl (C=O) groups is 1. The number of rotatable bonds is 4. The highest BCUT2D eigenvalue weighted by atomic mass is 127. The Morgan fingerprint density at radius 3 is 2.33 bits per heavy atom. The van der Waals surface area contributed by atoms with E-state index in [2.05, 4.69) is 27.3 Å². The lowest BCUT2D eigenvalue weighted by Crippen LogP contribution is -2.13. The van der Waals surface area contributed by atoms with E-state index in [0.29, 0.717) is 5.56 Å². The molecule has 110 valence electrons. The highest BCUT2D eigenvalue weighted by Gasteiger charge is 2.15. The Labute approximate surface area is 136 Å². The second kappa shape index (κ2) is 6.02. The fourth-order valence-corrected chi connectivity index (χ4v) is 3.15. The molecule has 2 aromatic rings. The second-order valence-corrected chi connectivity index (χ2v) is 7.32. The molecule has 0 aromatic heterocycles. The molecule has 0 saturated heterocycles. The van der Waals surface area contributed by atoms with Crippen LogP contribution < -0.4 is 4.72 Å². The summed E-state index contributed by atoms with van der Waals surface area (Å²) in [6.45, 7) is 1.65. The number of hydrogen-bond donors (Lipinski definition) is 2. The molecule has 0 unspecified atom stereocenters. The summed E-state index contributed by atoms with van der Waals surface area (Å²) in [6.07, 6.45) is 0. The Morgan fingerprint density at radius 2 is 1.76 bits per heavy atom. The predicted octanol–water partition coefficient (Wildman–Crippen LogP) is 3.10. The molecule has 2 aromatic carbocycles. The summed E-state index contributed by atoms with van der Waals surface area (Å²) in [5.74, 6) is -1.09. The number of aromatic carboxylic acids is 1. The molecule has 0 aliphatic rings. The van der Waals surface area contributed by atoms with Gasteiger partial charge in [0, 0.05) is 9.26 Å². The first-order valence-corrected chi connectivity index (χ1v) is 8.48. The van der Waals surface area contributed by atoms with Crippen LogP contribution in [0.3, 0.4) is 0 Å². The standard InChI is InChI=1S/C14H12INO4S/c1-9-2-5-11(8-13(9)14(17)18)16-21(19,20)12-6-3-10(15)4-7-12/h2-8,16H,1H3,(H,17,18). The number of hydrogen-bond acceptors (Lipinski definition) is 3. The molecule has 0 spiro atoms. The zero-order chi connectivity index (χ0) is 15.6. The van der Waals surface area contributed by atoms with Gasteiger partial charge in [0.25, 0.3) is 10.0 Å². The predicted molar refractivity (Wildman–Crippen MR) is 88.1 cm³/mol. The monoisotopic (exact) mass is 417 g/mol. The number of sulfonamides is 1. The molecule has 0 amide bonds. The zero-order valence-electron chi connectivity index (χ0n) is 11.0. The molecule has 5 nitrogen and oxygen atoms in total. The van der Waals surface area contributed by atoms with Gasteiger partial charge in [-0.25, -0.2) is 13.2 Å². The number of aryl methyl sites for hydroxylation is 1. The van der Waals surface area contributed by atoms with Crippen molar-refractivity contribution in [3.05, 3.63) is 57.2 Å². The number of carboxylic acid groups (broad SMARTS) is 1. The molecule has 0 saturated carbocycles. The van der Waals surface area contributed by atoms with Gasteiger partial charge in [0.1, 0.15) is 0 Å². The van der Waals surface area contributed by atoms with Crippen molar-refractivity contribution in [3.8, 4) is 0 Å². The lowest BCUT2D eigenvalue weighted by Gasteiger charge is -2.10. The maximum absolute atomic E-state index is 12.2. The van der Waals surface area contributed by atoms with E-state index in [0.717, 1.165) is 3.57 Å². The molecule has 0 fully saturated rings. The van der Waals surface area contributed by atoms with E-state index >= 15 is 0 Å². The molecule has 0 aliphatic heterocycles. The van der Waals surface area contributed by atoms with Gasteiger partial charge in [-0.15, -0.1) is 0 Å². The SMILES string of the molecule is Cc1ccc(NS(=O)(=O)c2ccc(I)cc2)cc1C(=O)O. The van der Waals surface area contributed by atoms with Crippen molar-refractivity contribution in [3.63, 3.8) is 0 Å². The molecular formula is C14H12INO4S. The lowest BCUT2D eigenvalue weighted by molar-refractivity contribution is 0.0696. The van der Waals surface area contributed by atoms with Crippen LogP contribution in [0, 0.1) is 10.5 Å². The Kier molecular flexibility index (Phi) is 4.52. The van der Waals surface area contributed by atoms with Crippen LogP contribution in [0.25, 0.3) is 0 Å². The summed E-state index contributed by atoms with van der Waals surface area (Å²) >= 11 is 2.08. The van der Waals surface area contributed by atoms with Crippen molar-refractivity contribution < 1.29 is 18.3 Å². The van der Waals surface area contributed by atoms with Crippen LogP contribution >= 0.6 is 22.6 Å². The third-order valence-corrected chi connectivity index (χ3v) is 4.96. The number of benzene rings is 2. The molecule has 2 rings (SSSR count). The Hall–Kier alpha value is -1.61. The number of halogens is 1. The van der Waals surface area contributed by atoms with E-state index in [1.807, 2.05) is 0 Å². The van der Waals surface area contributed by atoms with E-state index in [1.165, 1.54) is 24.3 Å². The first kappa shape index (κ1) is 15.8. The summed E-state index contributed by atoms with van der Waals surface area (Å²) in [7, 11) is -3.73. The smallest absolute Gasteiger partial charge is 0.336 e. The van der Waals surface area contributed by atoms with E-state index in [9.17, 15) is 13.2 Å². The van der Waals surface area contributed by atoms with E-state index < -0.39 is 16.0 Å². The Balaban J connectivity index is 2.35. The van der Waals surface area contributed by atoms with Gasteiger partial charge in [0.2, 0.25) is 0 Å². The quantitative estimate of drug-likeness (QED) is 0.750. The normalized spacial score (nSPS) is 11.1. The number of nitrogens with one attached hydrogen (secondary N) is 1. The minimum absolute atomic E-state index is 0.0674. The van der Waals surface area contributed by atoms with Gasteiger partial charge in [-0.1, -0.05) is 6.07 Å². The summed E-state index contributed by atoms with van der Waals surface area (Å²) in [4.78, 5) is 11.2. The van der Waals surface area contributed by atoms with Gasteiger partial charge in [-0.2, -0.15) is 0 Å². The summed E-state index contributed by atoms with van der Waals surface area (Å²) in [5.41, 5.74) is 0.856. The van der Waals surface area contributed by atoms with Crippen LogP contribution in [-0.4, -0.2) is 19.5 Å². The van der Waals surface area contributed by atoms with Gasteiger partial charge in [0.05, 0.1) is 10.5 Å². The van der Waals surface area contributed by atoms with Gasteiger partial charge in [-0.3, -0.25) is 4.72 Å². The zero-order valence-corrected chi connectivity index (χ0v) is 14.0. The van der Waals surface area contributed by atoms with E-state index in [1.54, 1.807) is 25.1 Å². The van der Waals surface area contributed by atoms with Gasteiger partial charge in [0.15, 0.2) is 0 Å². The average molecular weight is 417 g/mol. The fourth-order valence-electron chi connectivity index (χ4n) is 1.74. The van der Waals surface area contributed by atoms with Crippen LogP contribution in [0.2, 0.25) is 0 Å². The van der Waals surface area contributed by atoms with Gasteiger partial charge < -0.3 is 5.11 Å². The Bertz CT molecular complexity index is 785. The van der Waals surface area contributed by atoms with Crippen LogP contribution in [0.1, 0.15) is 15.9 Å². The molecule has 0 radical (unpaired) electrons. The molecule has 0 bridgehead atoms. The second-order valence-electron chi connectivity index (χ2n) is 4.39. The molecule has 0 heterocycles. The minimum atomic E-state index is -3.73. The van der Waals surface area contributed by atoms with Crippen LogP contribution in [-0.2, 0) is 10.0 Å². The maximum Gasteiger partial charge on any atom is 0.336 e. The summed E-state index contributed by atoms with van der Waals surface area (Å²) in [5, 5.41) is 9.06. The minimum Gasteiger partial charge on any atom is -0.478 e. The average Bonchev–Trinajstić information content (AvgIpc) is 2.41. The number of anilines is 1. The molecule has 0 aliphatic carbocycles. The maximum atomic E-state index is 12.2. The van der Waals surface area contributed by atoms with Gasteiger partial charge in [-0.05, 0) is 71.5 Å². The topological polar surface area (TPSA) is 83.5 Å². The molecule has 2 N–H and O–H groups in total. The van der Waals surface area contributed by atoms with Crippen molar-refractivity contribution in [2.45, 2.75) is 11.8 Å². The van der Waals surface area contributed by atoms with Crippen molar-refractivity contribution in [2.75, 3.05) is 4.72 Å². The van der Waals surface area contributed by atoms with Crippen molar-refractivity contribution in [1.29, 1.82) is 0 Å². The molecule has 0 atom stereocenters. The van der Waals surface area contributed by atoms with Gasteiger partial charge >= 0.3 is 5.97 Å². The van der Waals surface area contributed by atoms with E-state index in [4.69, 9.17) is 5.11 Å². The first-order chi connectivity index (χ1) is 9.79. The molecule has 21 heavy (non-hydrogen) atoms. The van der Waals surface area contributed by atoms with Crippen LogP contribution in [0.4, 0.5) is 5.69 Å². The van der Waals surface area contributed by atoms with Crippen molar-refractivity contribution in [1.82, 2.24) is 0 Å². The highest BCUT2D eigenvalue weighted by molar-refractivity contribution is 14.1. The van der Waals surface area contributed by atoms with Crippen molar-refractivity contribution >= 4 is 44.3 Å². The lowest BCUT2D eigenvalue weighted by atomic mass is 10.1. The van der Waals surface area contributed by atoms with Crippen LogP contribution in [0.15, 0.2) is 47.4 Å². The molecule has 7 heteroatoms. The largest absolute Gasteiger partial charge is 0.478 e. The summed E-state index contributed by atoms with van der Waals surface area (Å²) in [6, 6.07) is 10.8. The third kappa shape index (κ3) is 3.73. The van der Waals surface area contributed by atoms with E-state index in [-0.39, 0.29) is 16.1 Å². The highest BCUT2D eigenvalue weighted by Crippen LogP contribution is 2.20.